The van der Waals surface area contributed by atoms with Crippen molar-refractivity contribution in [2.45, 2.75) is 19.4 Å². The molecule has 0 aromatic heterocycles. The highest BCUT2D eigenvalue weighted by Gasteiger charge is 2.20. The number of carboxylic acids is 1. The van der Waals surface area contributed by atoms with E-state index in [0.29, 0.717) is 5.75 Å². The molecule has 0 aliphatic heterocycles. The van der Waals surface area contributed by atoms with Gasteiger partial charge in [0.05, 0.1) is 11.3 Å². The summed E-state index contributed by atoms with van der Waals surface area (Å²) >= 11 is 0. The second-order valence-corrected chi connectivity index (χ2v) is 3.78. The van der Waals surface area contributed by atoms with E-state index in [1.165, 1.54) is 18.2 Å². The van der Waals surface area contributed by atoms with Gasteiger partial charge in [-0.15, -0.1) is 0 Å². The number of nitrogens with zero attached hydrogens (tertiary/aromatic N) is 1. The SMILES string of the molecule is CC(C)(C#N)Oc1ccc(C(=O)O)cc1N. The van der Waals surface area contributed by atoms with Crippen molar-refractivity contribution >= 4 is 11.7 Å². The summed E-state index contributed by atoms with van der Waals surface area (Å²) in [7, 11) is 0. The number of anilines is 1. The lowest BCUT2D eigenvalue weighted by Gasteiger charge is -2.19. The van der Waals surface area contributed by atoms with Crippen molar-refractivity contribution in [2.24, 2.45) is 0 Å². The van der Waals surface area contributed by atoms with Crippen molar-refractivity contribution in [3.05, 3.63) is 23.8 Å². The zero-order valence-electron chi connectivity index (χ0n) is 9.02. The molecule has 0 radical (unpaired) electrons. The molecule has 5 nitrogen and oxygen atoms in total. The quantitative estimate of drug-likeness (QED) is 0.755. The Morgan fingerprint density at radius 1 is 1.56 bits per heavy atom. The first kappa shape index (κ1) is 11.9. The Morgan fingerprint density at radius 3 is 2.62 bits per heavy atom. The normalized spacial score (nSPS) is 10.6. The minimum absolute atomic E-state index is 0.0830. The molecule has 3 N–H and O–H groups in total. The van der Waals surface area contributed by atoms with E-state index in [2.05, 4.69) is 0 Å². The van der Waals surface area contributed by atoms with Crippen LogP contribution < -0.4 is 10.5 Å². The van der Waals surface area contributed by atoms with E-state index in [4.69, 9.17) is 20.8 Å². The third kappa shape index (κ3) is 2.64. The third-order valence-corrected chi connectivity index (χ3v) is 1.89. The van der Waals surface area contributed by atoms with Crippen LogP contribution in [0.1, 0.15) is 24.2 Å². The van der Waals surface area contributed by atoms with Gasteiger partial charge in [-0.1, -0.05) is 0 Å². The number of aromatic carboxylic acids is 1. The highest BCUT2D eigenvalue weighted by Crippen LogP contribution is 2.26. The fourth-order valence-electron chi connectivity index (χ4n) is 1.07. The maximum atomic E-state index is 10.7. The van der Waals surface area contributed by atoms with Crippen molar-refractivity contribution in [3.8, 4) is 11.8 Å². The number of nitrogen functional groups attached to an aromatic ring is 1. The highest BCUT2D eigenvalue weighted by atomic mass is 16.5. The van der Waals surface area contributed by atoms with Gasteiger partial charge < -0.3 is 15.6 Å². The molecule has 1 aromatic rings. The third-order valence-electron chi connectivity index (χ3n) is 1.89. The zero-order chi connectivity index (χ0) is 12.3. The number of nitriles is 1. The Kier molecular flexibility index (Phi) is 3.04. The summed E-state index contributed by atoms with van der Waals surface area (Å²) in [5.41, 5.74) is 4.90. The number of carbonyl (C=O) groups is 1. The lowest BCUT2D eigenvalue weighted by atomic mass is 10.1. The van der Waals surface area contributed by atoms with E-state index >= 15 is 0 Å². The molecular formula is C11H12N2O3. The minimum atomic E-state index is -1.06. The maximum Gasteiger partial charge on any atom is 0.335 e. The number of carboxylic acid groups (broad SMARTS) is 1. The molecule has 0 fully saturated rings. The largest absolute Gasteiger partial charge is 0.478 e. The zero-order valence-corrected chi connectivity index (χ0v) is 9.02. The van der Waals surface area contributed by atoms with Crippen LogP contribution in [0, 0.1) is 11.3 Å². The molecule has 5 heteroatoms. The Balaban J connectivity index is 3.02. The molecule has 1 aromatic carbocycles. The van der Waals surface area contributed by atoms with Gasteiger partial charge in [0, 0.05) is 0 Å². The number of hydrogen-bond donors (Lipinski definition) is 2. The van der Waals surface area contributed by atoms with Gasteiger partial charge in [0.25, 0.3) is 0 Å². The molecule has 0 saturated heterocycles. The number of nitrogens with two attached hydrogens (primary N) is 1. The van der Waals surface area contributed by atoms with E-state index in [1.54, 1.807) is 13.8 Å². The Morgan fingerprint density at radius 2 is 2.19 bits per heavy atom. The van der Waals surface area contributed by atoms with Gasteiger partial charge in [-0.2, -0.15) is 5.26 Å². The fraction of sp³-hybridized carbons (Fsp3) is 0.273. The lowest BCUT2D eigenvalue weighted by molar-refractivity contribution is 0.0697. The van der Waals surface area contributed by atoms with Gasteiger partial charge in [-0.3, -0.25) is 0 Å². The Bertz CT molecular complexity index is 461. The minimum Gasteiger partial charge on any atom is -0.478 e. The molecular weight excluding hydrogens is 208 g/mol. The van der Waals surface area contributed by atoms with E-state index < -0.39 is 11.6 Å². The molecule has 0 bridgehead atoms. The second kappa shape index (κ2) is 4.11. The topological polar surface area (TPSA) is 96.3 Å². The lowest BCUT2D eigenvalue weighted by Crippen LogP contribution is -2.26. The van der Waals surface area contributed by atoms with Crippen molar-refractivity contribution in [1.29, 1.82) is 5.26 Å². The predicted octanol–water partition coefficient (Wildman–Crippen LogP) is 1.65. The number of ether oxygens (including phenoxy) is 1. The molecule has 0 saturated carbocycles. The van der Waals surface area contributed by atoms with Crippen LogP contribution in [0.5, 0.6) is 5.75 Å². The predicted molar refractivity (Wildman–Crippen MR) is 58.1 cm³/mol. The molecule has 0 aliphatic carbocycles. The van der Waals surface area contributed by atoms with E-state index in [1.807, 2.05) is 6.07 Å². The summed E-state index contributed by atoms with van der Waals surface area (Å²) in [6.45, 7) is 3.19. The first-order valence-electron chi connectivity index (χ1n) is 4.59. The standard InChI is InChI=1S/C11H12N2O3/c1-11(2,6-12)16-9-4-3-7(10(14)15)5-8(9)13/h3-5H,13H2,1-2H3,(H,14,15). The molecule has 0 heterocycles. The van der Waals surface area contributed by atoms with Gasteiger partial charge in [-0.25, -0.2) is 4.79 Å². The van der Waals surface area contributed by atoms with Crippen molar-refractivity contribution in [1.82, 2.24) is 0 Å². The van der Waals surface area contributed by atoms with Crippen LogP contribution >= 0.6 is 0 Å². The Hall–Kier alpha value is -2.22. The smallest absolute Gasteiger partial charge is 0.335 e. The highest BCUT2D eigenvalue weighted by molar-refractivity contribution is 5.89. The number of benzene rings is 1. The van der Waals surface area contributed by atoms with Crippen molar-refractivity contribution in [3.63, 3.8) is 0 Å². The molecule has 1 rings (SSSR count). The van der Waals surface area contributed by atoms with Gasteiger partial charge in [0.1, 0.15) is 11.8 Å². The van der Waals surface area contributed by atoms with E-state index in [-0.39, 0.29) is 11.3 Å². The van der Waals surface area contributed by atoms with Crippen LogP contribution in [0.25, 0.3) is 0 Å². The monoisotopic (exact) mass is 220 g/mol. The van der Waals surface area contributed by atoms with Crippen LogP contribution in [0.2, 0.25) is 0 Å². The molecule has 84 valence electrons. The Labute approximate surface area is 93.1 Å². The summed E-state index contributed by atoms with van der Waals surface area (Å²) in [5.74, 6) is -0.755. The first-order valence-corrected chi connectivity index (χ1v) is 4.59. The summed E-state index contributed by atoms with van der Waals surface area (Å²) < 4.78 is 5.34. The van der Waals surface area contributed by atoms with Gasteiger partial charge in [0.2, 0.25) is 0 Å². The average Bonchev–Trinajstić information content (AvgIpc) is 2.20. The van der Waals surface area contributed by atoms with Crippen LogP contribution in [-0.4, -0.2) is 16.7 Å². The molecule has 0 unspecified atom stereocenters. The van der Waals surface area contributed by atoms with E-state index in [9.17, 15) is 4.79 Å². The van der Waals surface area contributed by atoms with Gasteiger partial charge in [0.15, 0.2) is 5.60 Å². The average molecular weight is 220 g/mol. The molecule has 0 amide bonds. The van der Waals surface area contributed by atoms with Crippen LogP contribution in [-0.2, 0) is 0 Å². The maximum absolute atomic E-state index is 10.7. The van der Waals surface area contributed by atoms with E-state index in [0.717, 1.165) is 0 Å². The van der Waals surface area contributed by atoms with Gasteiger partial charge >= 0.3 is 5.97 Å². The number of hydrogen-bond acceptors (Lipinski definition) is 4. The van der Waals surface area contributed by atoms with Crippen molar-refractivity contribution in [2.75, 3.05) is 5.73 Å². The van der Waals surface area contributed by atoms with Crippen LogP contribution in [0.4, 0.5) is 5.69 Å². The summed E-state index contributed by atoms with van der Waals surface area (Å²) in [6, 6.07) is 6.08. The van der Waals surface area contributed by atoms with Crippen LogP contribution in [0.15, 0.2) is 18.2 Å². The molecule has 0 atom stereocenters. The first-order chi connectivity index (χ1) is 7.35. The summed E-state index contributed by atoms with van der Waals surface area (Å²) in [5, 5.41) is 17.5. The van der Waals surface area contributed by atoms with Crippen molar-refractivity contribution < 1.29 is 14.6 Å². The fourth-order valence-corrected chi connectivity index (χ4v) is 1.07. The van der Waals surface area contributed by atoms with Gasteiger partial charge in [-0.05, 0) is 32.0 Å². The molecule has 0 spiro atoms. The summed E-state index contributed by atoms with van der Waals surface area (Å²) in [4.78, 5) is 10.7. The van der Waals surface area contributed by atoms with Crippen LogP contribution in [0.3, 0.4) is 0 Å². The molecule has 16 heavy (non-hydrogen) atoms. The summed E-state index contributed by atoms with van der Waals surface area (Å²) in [6.07, 6.45) is 0. The molecule has 0 aliphatic rings. The number of rotatable bonds is 3. The second-order valence-electron chi connectivity index (χ2n) is 3.78.